The molecule has 1 heterocycles. The number of nitro groups is 1. The number of hydrogen-bond donors (Lipinski definition) is 1. The molecule has 0 aromatic rings. The Labute approximate surface area is 183 Å². The summed E-state index contributed by atoms with van der Waals surface area (Å²) in [4.78, 5) is 24.2. The summed E-state index contributed by atoms with van der Waals surface area (Å²) in [6.45, 7) is 15.5. The van der Waals surface area contributed by atoms with E-state index in [0.717, 1.165) is 0 Å². The van der Waals surface area contributed by atoms with Gasteiger partial charge in [0.25, 0.3) is 0 Å². The van der Waals surface area contributed by atoms with Crippen LogP contribution < -0.4 is 0 Å². The summed E-state index contributed by atoms with van der Waals surface area (Å²) < 4.78 is 11.8. The minimum atomic E-state index is -2.07. The van der Waals surface area contributed by atoms with Gasteiger partial charge < -0.3 is 14.3 Å². The molecule has 28 heavy (non-hydrogen) atoms. The molecular formula is C17H38N2O6S2Si. The summed E-state index contributed by atoms with van der Waals surface area (Å²) >= 11 is 0. The zero-order valence-electron chi connectivity index (χ0n) is 18.2. The Kier molecular flexibility index (Phi) is 11.2. The van der Waals surface area contributed by atoms with Crippen LogP contribution in [0.25, 0.3) is 0 Å². The Bertz CT molecular complexity index is 537. The summed E-state index contributed by atoms with van der Waals surface area (Å²) in [6, 6.07) is -0.690. The van der Waals surface area contributed by atoms with Gasteiger partial charge in [-0.25, -0.2) is 4.79 Å². The summed E-state index contributed by atoms with van der Waals surface area (Å²) in [5.41, 5.74) is -0.686. The SMILES string of the molecule is CC(C)(C)OC(=O)N1CC(O[Si](C)(C)C(C)(C)C)CC1C(O)C[N+](=O)[O-].S.S. The molecule has 1 fully saturated rings. The summed E-state index contributed by atoms with van der Waals surface area (Å²) in [6.07, 6.45) is -1.74. The Morgan fingerprint density at radius 3 is 2.14 bits per heavy atom. The van der Waals surface area contributed by atoms with Crippen molar-refractivity contribution in [1.29, 1.82) is 0 Å². The van der Waals surface area contributed by atoms with Crippen molar-refractivity contribution in [3.63, 3.8) is 0 Å². The summed E-state index contributed by atoms with van der Waals surface area (Å²) in [5, 5.41) is 21.1. The normalized spacial score (nSPS) is 21.4. The van der Waals surface area contributed by atoms with E-state index in [2.05, 4.69) is 33.9 Å². The van der Waals surface area contributed by atoms with Crippen LogP contribution >= 0.6 is 27.0 Å². The minimum absolute atomic E-state index is 0. The number of hydrogen-bond acceptors (Lipinski definition) is 6. The second-order valence-electron chi connectivity index (χ2n) is 9.52. The summed E-state index contributed by atoms with van der Waals surface area (Å²) in [7, 11) is -2.07. The molecule has 0 radical (unpaired) electrons. The maximum atomic E-state index is 12.5. The van der Waals surface area contributed by atoms with Crippen LogP contribution in [0.5, 0.6) is 0 Å². The van der Waals surface area contributed by atoms with E-state index in [-0.39, 0.29) is 44.7 Å². The smallest absolute Gasteiger partial charge is 0.410 e. The second-order valence-corrected chi connectivity index (χ2v) is 14.3. The average molecular weight is 459 g/mol. The molecule has 8 nitrogen and oxygen atoms in total. The van der Waals surface area contributed by atoms with E-state index < -0.39 is 43.6 Å². The number of ether oxygens (including phenoxy) is 1. The number of rotatable bonds is 5. The fraction of sp³-hybridized carbons (Fsp3) is 0.941. The number of carbonyl (C=O) groups excluding carboxylic acids is 1. The number of carbonyl (C=O) groups is 1. The van der Waals surface area contributed by atoms with Gasteiger partial charge in [-0.05, 0) is 45.3 Å². The first-order valence-electron chi connectivity index (χ1n) is 9.01. The molecular weight excluding hydrogens is 420 g/mol. The molecule has 0 saturated carbocycles. The first-order valence-corrected chi connectivity index (χ1v) is 11.9. The Balaban J connectivity index is 0. The van der Waals surface area contributed by atoms with Crippen molar-refractivity contribution in [2.75, 3.05) is 13.1 Å². The Hall–Kier alpha value is -0.493. The van der Waals surface area contributed by atoms with Crippen LogP contribution in [0.2, 0.25) is 18.1 Å². The van der Waals surface area contributed by atoms with Crippen LogP contribution in [-0.4, -0.2) is 66.3 Å². The van der Waals surface area contributed by atoms with Gasteiger partial charge in [0.15, 0.2) is 8.32 Å². The highest BCUT2D eigenvalue weighted by Crippen LogP contribution is 2.39. The van der Waals surface area contributed by atoms with Crippen molar-refractivity contribution in [3.05, 3.63) is 10.1 Å². The molecule has 11 heteroatoms. The molecule has 3 atom stereocenters. The van der Waals surface area contributed by atoms with E-state index in [1.165, 1.54) is 4.90 Å². The van der Waals surface area contributed by atoms with Gasteiger partial charge in [0.05, 0.1) is 12.1 Å². The lowest BCUT2D eigenvalue weighted by atomic mass is 10.1. The van der Waals surface area contributed by atoms with Gasteiger partial charge in [-0.2, -0.15) is 27.0 Å². The number of aliphatic hydroxyl groups is 1. The summed E-state index contributed by atoms with van der Waals surface area (Å²) in [5.74, 6) is 0. The third kappa shape index (κ3) is 8.48. The highest BCUT2D eigenvalue weighted by Gasteiger charge is 2.47. The molecule has 1 N–H and O–H groups in total. The molecule has 1 aliphatic rings. The predicted molar refractivity (Wildman–Crippen MR) is 122 cm³/mol. The second kappa shape index (κ2) is 10.5. The monoisotopic (exact) mass is 458 g/mol. The lowest BCUT2D eigenvalue weighted by Crippen LogP contribution is -2.47. The maximum absolute atomic E-state index is 12.5. The predicted octanol–water partition coefficient (Wildman–Crippen LogP) is 3.25. The van der Waals surface area contributed by atoms with Crippen molar-refractivity contribution in [1.82, 2.24) is 4.90 Å². The molecule has 1 amide bonds. The zero-order chi connectivity index (χ0) is 20.5. The van der Waals surface area contributed by atoms with Gasteiger partial charge in [-0.3, -0.25) is 15.0 Å². The highest BCUT2D eigenvalue weighted by molar-refractivity contribution is 7.59. The van der Waals surface area contributed by atoms with E-state index in [9.17, 15) is 20.0 Å². The molecule has 3 unspecified atom stereocenters. The van der Waals surface area contributed by atoms with E-state index >= 15 is 0 Å². The minimum Gasteiger partial charge on any atom is -0.444 e. The lowest BCUT2D eigenvalue weighted by molar-refractivity contribution is -0.491. The van der Waals surface area contributed by atoms with Crippen LogP contribution in [0.4, 0.5) is 4.79 Å². The molecule has 0 spiro atoms. The van der Waals surface area contributed by atoms with Crippen LogP contribution in [-0.2, 0) is 9.16 Å². The van der Waals surface area contributed by atoms with Crippen molar-refractivity contribution < 1.29 is 24.0 Å². The highest BCUT2D eigenvalue weighted by atomic mass is 32.1. The number of likely N-dealkylation sites (tertiary alicyclic amines) is 1. The van der Waals surface area contributed by atoms with Gasteiger partial charge >= 0.3 is 6.09 Å². The van der Waals surface area contributed by atoms with Crippen LogP contribution in [0.3, 0.4) is 0 Å². The quantitative estimate of drug-likeness (QED) is 0.385. The van der Waals surface area contributed by atoms with Gasteiger partial charge in [0.1, 0.15) is 11.7 Å². The largest absolute Gasteiger partial charge is 0.444 e. The molecule has 1 saturated heterocycles. The molecule has 0 aromatic heterocycles. The fourth-order valence-electron chi connectivity index (χ4n) is 2.67. The molecule has 1 aliphatic heterocycles. The Morgan fingerprint density at radius 2 is 1.75 bits per heavy atom. The molecule has 0 bridgehead atoms. The molecule has 168 valence electrons. The van der Waals surface area contributed by atoms with Crippen molar-refractivity contribution >= 4 is 41.4 Å². The third-order valence-electron chi connectivity index (χ3n) is 4.98. The first-order chi connectivity index (χ1) is 11.5. The fourth-order valence-corrected chi connectivity index (χ4v) is 4.03. The number of aliphatic hydroxyl groups excluding tert-OH is 1. The van der Waals surface area contributed by atoms with Crippen molar-refractivity contribution in [2.24, 2.45) is 0 Å². The van der Waals surface area contributed by atoms with E-state index in [1.807, 2.05) is 0 Å². The number of amides is 1. The van der Waals surface area contributed by atoms with Gasteiger partial charge in [0, 0.05) is 11.5 Å². The van der Waals surface area contributed by atoms with Crippen molar-refractivity contribution in [3.8, 4) is 0 Å². The van der Waals surface area contributed by atoms with Crippen LogP contribution in [0.15, 0.2) is 0 Å². The van der Waals surface area contributed by atoms with Gasteiger partial charge in [0.2, 0.25) is 6.54 Å². The topological polar surface area (TPSA) is 102 Å². The zero-order valence-corrected chi connectivity index (χ0v) is 21.2. The van der Waals surface area contributed by atoms with E-state index in [0.29, 0.717) is 6.42 Å². The first kappa shape index (κ1) is 29.7. The molecule has 0 aromatic carbocycles. The van der Waals surface area contributed by atoms with E-state index in [1.54, 1.807) is 20.8 Å². The lowest BCUT2D eigenvalue weighted by Gasteiger charge is -2.38. The molecule has 0 aliphatic carbocycles. The van der Waals surface area contributed by atoms with E-state index in [4.69, 9.17) is 9.16 Å². The third-order valence-corrected chi connectivity index (χ3v) is 9.52. The number of nitrogens with zero attached hydrogens (tertiary/aromatic N) is 2. The Morgan fingerprint density at radius 1 is 1.25 bits per heavy atom. The van der Waals surface area contributed by atoms with Crippen molar-refractivity contribution in [2.45, 2.75) is 89.9 Å². The van der Waals surface area contributed by atoms with Crippen LogP contribution in [0.1, 0.15) is 48.0 Å². The van der Waals surface area contributed by atoms with Gasteiger partial charge in [-0.1, -0.05) is 20.8 Å². The van der Waals surface area contributed by atoms with Gasteiger partial charge in [-0.15, -0.1) is 0 Å². The standard InChI is InChI=1S/C17H34N2O6Si.2H2S/c1-16(2,3)24-15(21)18-10-12(25-26(7,8)17(4,5)6)9-13(18)14(20)11-19(22)23;;/h12-14,20H,9-11H2,1-8H3;2*1H2. The average Bonchev–Trinajstić information content (AvgIpc) is 2.77. The maximum Gasteiger partial charge on any atom is 0.410 e. The van der Waals surface area contributed by atoms with Crippen LogP contribution in [0, 0.1) is 10.1 Å². The molecule has 1 rings (SSSR count).